The molecule has 166 valence electrons. The second-order valence-corrected chi connectivity index (χ2v) is 8.42. The zero-order valence-electron chi connectivity index (χ0n) is 16.0. The van der Waals surface area contributed by atoms with E-state index in [0.717, 1.165) is 0 Å². The van der Waals surface area contributed by atoms with E-state index < -0.39 is 6.36 Å². The van der Waals surface area contributed by atoms with Gasteiger partial charge in [0, 0.05) is 17.3 Å². The van der Waals surface area contributed by atoms with E-state index in [9.17, 15) is 23.1 Å². The molecule has 2 heterocycles. The maximum absolute atomic E-state index is 13.2. The first-order valence-electron chi connectivity index (χ1n) is 9.11. The second-order valence-electron chi connectivity index (χ2n) is 6.71. The Labute approximate surface area is 196 Å². The van der Waals surface area contributed by atoms with E-state index in [1.54, 1.807) is 6.07 Å². The number of halogens is 5. The smallest absolute Gasteiger partial charge is 0.506 e. The Balaban J connectivity index is 1.66. The van der Waals surface area contributed by atoms with Crippen LogP contribution >= 0.6 is 31.9 Å². The van der Waals surface area contributed by atoms with E-state index in [1.165, 1.54) is 47.5 Å². The number of amides is 1. The summed E-state index contributed by atoms with van der Waals surface area (Å²) in [7, 11) is 0. The maximum Gasteiger partial charge on any atom is 0.573 e. The van der Waals surface area contributed by atoms with Crippen molar-refractivity contribution in [2.45, 2.75) is 6.36 Å². The fourth-order valence-corrected chi connectivity index (χ4v) is 4.35. The predicted molar refractivity (Wildman–Crippen MR) is 117 cm³/mol. The molecule has 1 aliphatic rings. The highest BCUT2D eigenvalue weighted by molar-refractivity contribution is 9.11. The monoisotopic (exact) mass is 572 g/mol. The van der Waals surface area contributed by atoms with Crippen molar-refractivity contribution < 1.29 is 32.5 Å². The minimum atomic E-state index is -4.77. The number of hydrogen-bond acceptors (Lipinski definition) is 5. The number of alkyl halides is 3. The minimum absolute atomic E-state index is 0.0224. The van der Waals surface area contributed by atoms with Crippen molar-refractivity contribution in [2.75, 3.05) is 18.1 Å². The molecule has 0 bridgehead atoms. The molecule has 0 aliphatic carbocycles. The van der Waals surface area contributed by atoms with Gasteiger partial charge >= 0.3 is 6.36 Å². The number of benzene rings is 2. The van der Waals surface area contributed by atoms with Crippen LogP contribution in [0.4, 0.5) is 18.9 Å². The van der Waals surface area contributed by atoms with Crippen LogP contribution in [0.3, 0.4) is 0 Å². The Kier molecular flexibility index (Phi) is 6.04. The van der Waals surface area contributed by atoms with E-state index in [1.807, 2.05) is 0 Å². The quantitative estimate of drug-likeness (QED) is 0.421. The number of nitrogens with zero attached hydrogens (tertiary/aromatic N) is 2. The van der Waals surface area contributed by atoms with Crippen molar-refractivity contribution in [3.8, 4) is 28.5 Å². The number of carbonyl (C=O) groups excluding carboxylic acids is 1. The zero-order valence-corrected chi connectivity index (χ0v) is 19.2. The molecule has 0 unspecified atom stereocenters. The first kappa shape index (κ1) is 22.4. The lowest BCUT2D eigenvalue weighted by Crippen LogP contribution is -2.38. The van der Waals surface area contributed by atoms with E-state index in [4.69, 9.17) is 4.74 Å². The summed E-state index contributed by atoms with van der Waals surface area (Å²) in [6.07, 6.45) is -3.26. The molecule has 6 nitrogen and oxygen atoms in total. The molecule has 3 aromatic rings. The first-order valence-corrected chi connectivity index (χ1v) is 10.7. The Morgan fingerprint density at radius 3 is 2.38 bits per heavy atom. The predicted octanol–water partition coefficient (Wildman–Crippen LogP) is 5.92. The third-order valence-corrected chi connectivity index (χ3v) is 5.82. The summed E-state index contributed by atoms with van der Waals surface area (Å²) < 4.78 is 47.3. The van der Waals surface area contributed by atoms with E-state index in [0.29, 0.717) is 31.3 Å². The number of fused-ring (bicyclic) bond motifs is 1. The molecule has 0 saturated carbocycles. The molecule has 11 heteroatoms. The van der Waals surface area contributed by atoms with Crippen LogP contribution in [-0.4, -0.2) is 35.5 Å². The van der Waals surface area contributed by atoms with Crippen LogP contribution in [0.25, 0.3) is 11.1 Å². The number of aromatic nitrogens is 1. The molecule has 1 aromatic heterocycles. The third kappa shape index (κ3) is 4.68. The van der Waals surface area contributed by atoms with Gasteiger partial charge in [-0.3, -0.25) is 4.79 Å². The highest BCUT2D eigenvalue weighted by Crippen LogP contribution is 2.37. The highest BCUT2D eigenvalue weighted by atomic mass is 79.9. The average Bonchev–Trinajstić information content (AvgIpc) is 2.75. The zero-order chi connectivity index (χ0) is 23.0. The van der Waals surface area contributed by atoms with Crippen molar-refractivity contribution in [1.29, 1.82) is 0 Å². The third-order valence-electron chi connectivity index (χ3n) is 4.61. The topological polar surface area (TPSA) is 71.9 Å². The van der Waals surface area contributed by atoms with Crippen LogP contribution in [-0.2, 0) is 0 Å². The van der Waals surface area contributed by atoms with Crippen LogP contribution in [0.5, 0.6) is 17.4 Å². The van der Waals surface area contributed by atoms with E-state index >= 15 is 0 Å². The van der Waals surface area contributed by atoms with E-state index in [-0.39, 0.29) is 36.4 Å². The van der Waals surface area contributed by atoms with Gasteiger partial charge in [0.05, 0.1) is 15.5 Å². The molecular formula is C21H13Br2F3N2O4. The van der Waals surface area contributed by atoms with Crippen molar-refractivity contribution in [1.82, 2.24) is 4.98 Å². The van der Waals surface area contributed by atoms with Gasteiger partial charge in [-0.1, -0.05) is 12.1 Å². The molecule has 0 fully saturated rings. The van der Waals surface area contributed by atoms with Crippen molar-refractivity contribution in [3.05, 3.63) is 63.2 Å². The van der Waals surface area contributed by atoms with Crippen LogP contribution in [0.15, 0.2) is 57.6 Å². The summed E-state index contributed by atoms with van der Waals surface area (Å²) in [5, 5.41) is 9.91. The van der Waals surface area contributed by atoms with Crippen molar-refractivity contribution in [2.24, 2.45) is 0 Å². The molecule has 1 amide bonds. The SMILES string of the molecule is O=C(c1cc(Br)c(O)c(Br)c1)N1CCOc2ncc(-c3ccc(OC(F)(F)F)cc3)cc21. The van der Waals surface area contributed by atoms with Gasteiger partial charge in [0.1, 0.15) is 23.8 Å². The van der Waals surface area contributed by atoms with Crippen LogP contribution in [0, 0.1) is 0 Å². The Hall–Kier alpha value is -2.79. The number of carbonyl (C=O) groups is 1. The molecule has 2 aromatic carbocycles. The van der Waals surface area contributed by atoms with Gasteiger partial charge in [0.2, 0.25) is 5.88 Å². The molecule has 0 spiro atoms. The molecule has 4 rings (SSSR count). The van der Waals surface area contributed by atoms with Gasteiger partial charge in [-0.15, -0.1) is 13.2 Å². The summed E-state index contributed by atoms with van der Waals surface area (Å²) in [4.78, 5) is 19.0. The fourth-order valence-electron chi connectivity index (χ4n) is 3.16. The molecule has 0 saturated heterocycles. The molecule has 0 radical (unpaired) electrons. The van der Waals surface area contributed by atoms with Gasteiger partial charge in [-0.05, 0) is 67.8 Å². The lowest BCUT2D eigenvalue weighted by molar-refractivity contribution is -0.274. The molecule has 1 N–H and O–H groups in total. The number of hydrogen-bond donors (Lipinski definition) is 1. The number of ether oxygens (including phenoxy) is 2. The molecule has 0 atom stereocenters. The summed E-state index contributed by atoms with van der Waals surface area (Å²) >= 11 is 6.44. The number of anilines is 1. The summed E-state index contributed by atoms with van der Waals surface area (Å²) in [5.74, 6) is -0.423. The number of phenols is 1. The second kappa shape index (κ2) is 8.62. The number of pyridine rings is 1. The van der Waals surface area contributed by atoms with Gasteiger partial charge in [-0.2, -0.15) is 0 Å². The summed E-state index contributed by atoms with van der Waals surface area (Å²) in [6.45, 7) is 0.514. The van der Waals surface area contributed by atoms with Crippen LogP contribution < -0.4 is 14.4 Å². The summed E-state index contributed by atoms with van der Waals surface area (Å²) in [5.41, 5.74) is 1.92. The fraction of sp³-hybridized carbons (Fsp3) is 0.143. The van der Waals surface area contributed by atoms with E-state index in [2.05, 4.69) is 41.6 Å². The van der Waals surface area contributed by atoms with Crippen LogP contribution in [0.2, 0.25) is 0 Å². The number of rotatable bonds is 3. The normalized spacial score (nSPS) is 13.3. The van der Waals surface area contributed by atoms with Gasteiger partial charge in [-0.25, -0.2) is 4.98 Å². The first-order chi connectivity index (χ1) is 15.1. The standard InChI is InChI=1S/C21H13Br2F3N2O4/c22-15-7-12(8-16(23)18(15)29)20(30)28-5-6-31-19-17(28)9-13(10-27-19)11-1-3-14(4-2-11)32-21(24,25)26/h1-4,7-10,29H,5-6H2. The average molecular weight is 574 g/mol. The molecule has 32 heavy (non-hydrogen) atoms. The highest BCUT2D eigenvalue weighted by Gasteiger charge is 2.31. The number of phenolic OH excluding ortho intramolecular Hbond substituents is 1. The minimum Gasteiger partial charge on any atom is -0.506 e. The number of aromatic hydroxyl groups is 1. The Morgan fingerprint density at radius 1 is 1.09 bits per heavy atom. The van der Waals surface area contributed by atoms with Crippen molar-refractivity contribution >= 4 is 43.5 Å². The Bertz CT molecular complexity index is 1160. The van der Waals surface area contributed by atoms with Crippen LogP contribution in [0.1, 0.15) is 10.4 Å². The lowest BCUT2D eigenvalue weighted by atomic mass is 10.1. The lowest BCUT2D eigenvalue weighted by Gasteiger charge is -2.29. The van der Waals surface area contributed by atoms with Gasteiger partial charge < -0.3 is 19.5 Å². The largest absolute Gasteiger partial charge is 0.573 e. The summed E-state index contributed by atoms with van der Waals surface area (Å²) in [6, 6.07) is 10.0. The van der Waals surface area contributed by atoms with Gasteiger partial charge in [0.15, 0.2) is 0 Å². The van der Waals surface area contributed by atoms with Crippen molar-refractivity contribution in [3.63, 3.8) is 0 Å². The molecule has 1 aliphatic heterocycles. The van der Waals surface area contributed by atoms with Gasteiger partial charge in [0.25, 0.3) is 5.91 Å². The Morgan fingerprint density at radius 2 is 1.75 bits per heavy atom. The molecular weight excluding hydrogens is 561 g/mol. The maximum atomic E-state index is 13.2.